The quantitative estimate of drug-likeness (QED) is 0.376. The molecule has 1 aromatic carbocycles. The van der Waals surface area contributed by atoms with E-state index in [1.807, 2.05) is 0 Å². The number of hydrogen-bond donors (Lipinski definition) is 0. The van der Waals surface area contributed by atoms with Crippen molar-refractivity contribution in [2.24, 2.45) is 0 Å². The largest absolute Gasteiger partial charge is 0.127 e. The molecule has 2 heterocycles. The van der Waals surface area contributed by atoms with Crippen LogP contribution in [0.1, 0.15) is 0 Å². The molecule has 3 rings (SSSR count). The summed E-state index contributed by atoms with van der Waals surface area (Å²) in [5.74, 6) is 0. The normalized spacial score (nSPS) is 11.2. The summed E-state index contributed by atoms with van der Waals surface area (Å²) < 4.78 is 6.16. The standard InChI is InChI=1S/C12H5Br3S2/c13-7-3-1-6(2-4-7)10-11-8(16-12(10)15)5-9(14)17-11/h1-5H. The number of fused-ring (bicyclic) bond motifs is 1. The van der Waals surface area contributed by atoms with Gasteiger partial charge >= 0.3 is 0 Å². The van der Waals surface area contributed by atoms with E-state index in [0.717, 1.165) is 4.47 Å². The van der Waals surface area contributed by atoms with Crippen LogP contribution in [0.15, 0.2) is 42.4 Å². The molecule has 0 aliphatic carbocycles. The van der Waals surface area contributed by atoms with Crippen LogP contribution in [-0.2, 0) is 0 Å². The Morgan fingerprint density at radius 2 is 1.59 bits per heavy atom. The smallest absolute Gasteiger partial charge is 0.0797 e. The Kier molecular flexibility index (Phi) is 3.47. The van der Waals surface area contributed by atoms with E-state index in [0.29, 0.717) is 0 Å². The van der Waals surface area contributed by atoms with E-state index < -0.39 is 0 Å². The summed E-state index contributed by atoms with van der Waals surface area (Å²) in [6.07, 6.45) is 0. The molecule has 86 valence electrons. The average Bonchev–Trinajstić information content (AvgIpc) is 2.75. The molecule has 0 nitrogen and oxygen atoms in total. The zero-order valence-electron chi connectivity index (χ0n) is 8.34. The van der Waals surface area contributed by atoms with Gasteiger partial charge in [-0.05, 0) is 55.6 Å². The van der Waals surface area contributed by atoms with Crippen molar-refractivity contribution >= 4 is 79.9 Å². The van der Waals surface area contributed by atoms with Crippen LogP contribution >= 0.6 is 70.5 Å². The third-order valence-electron chi connectivity index (χ3n) is 2.42. The Morgan fingerprint density at radius 3 is 2.29 bits per heavy atom. The average molecular weight is 453 g/mol. The highest BCUT2D eigenvalue weighted by Gasteiger charge is 2.14. The maximum absolute atomic E-state index is 3.67. The van der Waals surface area contributed by atoms with Gasteiger partial charge in [0.05, 0.1) is 12.3 Å². The minimum Gasteiger partial charge on any atom is -0.127 e. The van der Waals surface area contributed by atoms with Gasteiger partial charge in [0.1, 0.15) is 0 Å². The van der Waals surface area contributed by atoms with Crippen LogP contribution in [0.3, 0.4) is 0 Å². The monoisotopic (exact) mass is 450 g/mol. The van der Waals surface area contributed by atoms with Crippen molar-refractivity contribution in [2.75, 3.05) is 0 Å². The lowest BCUT2D eigenvalue weighted by molar-refractivity contribution is 1.64. The summed E-state index contributed by atoms with van der Waals surface area (Å²) in [5, 5.41) is 0. The Labute approximate surface area is 132 Å². The van der Waals surface area contributed by atoms with Gasteiger partial charge in [0.2, 0.25) is 0 Å². The number of benzene rings is 1. The molecule has 0 saturated heterocycles. The lowest BCUT2D eigenvalue weighted by Crippen LogP contribution is -1.74. The van der Waals surface area contributed by atoms with Gasteiger partial charge in [-0.2, -0.15) is 0 Å². The summed E-state index contributed by atoms with van der Waals surface area (Å²) in [7, 11) is 0. The topological polar surface area (TPSA) is 0 Å². The predicted molar refractivity (Wildman–Crippen MR) is 88.2 cm³/mol. The molecule has 0 saturated carbocycles. The SMILES string of the molecule is Brc1ccc(-c2c(Br)sc3cc(Br)sc23)cc1. The van der Waals surface area contributed by atoms with Gasteiger partial charge in [-0.25, -0.2) is 0 Å². The van der Waals surface area contributed by atoms with E-state index in [4.69, 9.17) is 0 Å². The molecule has 0 spiro atoms. The van der Waals surface area contributed by atoms with Gasteiger partial charge in [0.25, 0.3) is 0 Å². The zero-order valence-corrected chi connectivity index (χ0v) is 14.7. The van der Waals surface area contributed by atoms with E-state index >= 15 is 0 Å². The van der Waals surface area contributed by atoms with E-state index in [1.54, 1.807) is 22.7 Å². The fourth-order valence-electron chi connectivity index (χ4n) is 1.69. The minimum absolute atomic E-state index is 1.11. The summed E-state index contributed by atoms with van der Waals surface area (Å²) in [5.41, 5.74) is 2.55. The number of rotatable bonds is 1. The maximum Gasteiger partial charge on any atom is 0.0797 e. The highest BCUT2D eigenvalue weighted by atomic mass is 79.9. The molecule has 0 N–H and O–H groups in total. The number of thiophene rings is 2. The highest BCUT2D eigenvalue weighted by molar-refractivity contribution is 9.11. The highest BCUT2D eigenvalue weighted by Crippen LogP contribution is 2.47. The second-order valence-corrected chi connectivity index (χ2v) is 9.22. The van der Waals surface area contributed by atoms with Crippen LogP contribution in [0.2, 0.25) is 0 Å². The van der Waals surface area contributed by atoms with Crippen molar-refractivity contribution in [2.45, 2.75) is 0 Å². The van der Waals surface area contributed by atoms with Crippen LogP contribution in [0.25, 0.3) is 20.5 Å². The molecule has 0 radical (unpaired) electrons. The zero-order chi connectivity index (χ0) is 12.0. The number of hydrogen-bond acceptors (Lipinski definition) is 2. The second-order valence-electron chi connectivity index (χ2n) is 3.50. The summed E-state index contributed by atoms with van der Waals surface area (Å²) in [6, 6.07) is 10.6. The minimum atomic E-state index is 1.11. The first-order valence-corrected chi connectivity index (χ1v) is 8.79. The summed E-state index contributed by atoms with van der Waals surface area (Å²) in [6.45, 7) is 0. The first-order chi connectivity index (χ1) is 8.15. The summed E-state index contributed by atoms with van der Waals surface area (Å²) >= 11 is 14.3. The predicted octanol–water partition coefficient (Wildman–Crippen LogP) is 6.92. The molecule has 0 fully saturated rings. The van der Waals surface area contributed by atoms with Crippen molar-refractivity contribution < 1.29 is 0 Å². The Balaban J connectivity index is 2.28. The van der Waals surface area contributed by atoms with E-state index in [2.05, 4.69) is 78.1 Å². The third-order valence-corrected chi connectivity index (χ3v) is 6.54. The molecule has 0 amide bonds. The first-order valence-electron chi connectivity index (χ1n) is 4.78. The molecule has 0 aliphatic heterocycles. The van der Waals surface area contributed by atoms with Gasteiger partial charge in [0.15, 0.2) is 0 Å². The van der Waals surface area contributed by atoms with Crippen molar-refractivity contribution in [3.05, 3.63) is 42.4 Å². The first kappa shape index (κ1) is 12.4. The van der Waals surface area contributed by atoms with Crippen LogP contribution in [0.5, 0.6) is 0 Å². The molecule has 17 heavy (non-hydrogen) atoms. The van der Waals surface area contributed by atoms with E-state index in [-0.39, 0.29) is 0 Å². The fraction of sp³-hybridized carbons (Fsp3) is 0. The van der Waals surface area contributed by atoms with Crippen LogP contribution < -0.4 is 0 Å². The molecule has 0 atom stereocenters. The van der Waals surface area contributed by atoms with Gasteiger partial charge < -0.3 is 0 Å². The number of halogens is 3. The molecule has 2 aromatic heterocycles. The van der Waals surface area contributed by atoms with Gasteiger partial charge in [0, 0.05) is 14.7 Å². The van der Waals surface area contributed by atoms with Crippen molar-refractivity contribution in [3.8, 4) is 11.1 Å². The Bertz CT molecular complexity index is 680. The van der Waals surface area contributed by atoms with Gasteiger partial charge in [-0.15, -0.1) is 22.7 Å². The molecule has 0 aliphatic rings. The lowest BCUT2D eigenvalue weighted by Gasteiger charge is -2.00. The van der Waals surface area contributed by atoms with E-state index in [1.165, 1.54) is 28.1 Å². The third kappa shape index (κ3) is 2.28. The summed E-state index contributed by atoms with van der Waals surface area (Å²) in [4.78, 5) is 0. The maximum atomic E-state index is 3.67. The second kappa shape index (κ2) is 4.78. The van der Waals surface area contributed by atoms with Crippen LogP contribution in [-0.4, -0.2) is 0 Å². The lowest BCUT2D eigenvalue weighted by atomic mass is 10.1. The molecule has 3 aromatic rings. The molecule has 0 unspecified atom stereocenters. The van der Waals surface area contributed by atoms with Crippen molar-refractivity contribution in [1.82, 2.24) is 0 Å². The van der Waals surface area contributed by atoms with Crippen LogP contribution in [0.4, 0.5) is 0 Å². The fourth-order valence-corrected chi connectivity index (χ4v) is 6.03. The molecular weight excluding hydrogens is 448 g/mol. The molecular formula is C12H5Br3S2. The Hall–Kier alpha value is 0.320. The van der Waals surface area contributed by atoms with Gasteiger partial charge in [-0.1, -0.05) is 28.1 Å². The van der Waals surface area contributed by atoms with Crippen molar-refractivity contribution in [3.63, 3.8) is 0 Å². The van der Waals surface area contributed by atoms with E-state index in [9.17, 15) is 0 Å². The van der Waals surface area contributed by atoms with Crippen LogP contribution in [0, 0.1) is 0 Å². The van der Waals surface area contributed by atoms with Gasteiger partial charge in [-0.3, -0.25) is 0 Å². The van der Waals surface area contributed by atoms with Crippen molar-refractivity contribution in [1.29, 1.82) is 0 Å². The molecule has 5 heteroatoms. The molecule has 0 bridgehead atoms. The Morgan fingerprint density at radius 1 is 0.882 bits per heavy atom.